The predicted octanol–water partition coefficient (Wildman–Crippen LogP) is 5.47. The van der Waals surface area contributed by atoms with Gasteiger partial charge >= 0.3 is 5.97 Å². The highest BCUT2D eigenvalue weighted by atomic mass is 16.4. The van der Waals surface area contributed by atoms with E-state index in [9.17, 15) is 9.90 Å². The zero-order valence-electron chi connectivity index (χ0n) is 20.7. The second-order valence-electron chi connectivity index (χ2n) is 9.09. The van der Waals surface area contributed by atoms with Crippen LogP contribution in [-0.2, 0) is 19.5 Å². The van der Waals surface area contributed by atoms with Crippen molar-refractivity contribution in [1.82, 2.24) is 14.9 Å². The lowest BCUT2D eigenvalue weighted by atomic mass is 9.98. The molecule has 0 bridgehead atoms. The van der Waals surface area contributed by atoms with Gasteiger partial charge in [-0.3, -0.25) is 0 Å². The van der Waals surface area contributed by atoms with Gasteiger partial charge < -0.3 is 20.5 Å². The third-order valence-corrected chi connectivity index (χ3v) is 6.15. The Morgan fingerprint density at radius 3 is 2.46 bits per heavy atom. The number of unbranched alkanes of at least 4 members (excludes halogenated alkanes) is 1. The third-order valence-electron chi connectivity index (χ3n) is 6.15. The molecule has 0 radical (unpaired) electrons. The molecule has 0 aliphatic rings. The Balaban J connectivity index is 0.00000342. The van der Waals surface area contributed by atoms with Gasteiger partial charge in [0.2, 0.25) is 0 Å². The number of fused-ring (bicyclic) bond motifs is 1. The van der Waals surface area contributed by atoms with Crippen molar-refractivity contribution in [3.05, 3.63) is 89.2 Å². The molecule has 4 aromatic rings. The first kappa shape index (κ1) is 26.1. The number of carbonyl (C=O) groups is 1. The van der Waals surface area contributed by atoms with Gasteiger partial charge in [0.15, 0.2) is 0 Å². The standard InChI is InChI=1S/C29H33N3O2.H2O/c1-4-5-13-27-31-26-12-8-9-23(18-30-20(2)3)28(26)32(27)19-21-14-16-22(17-15-21)24-10-6-7-11-25(24)29(33)34;/h6-12,14-17,20,30H,4-5,13,18-19H2,1-3H3,(H,33,34);1H2. The lowest BCUT2D eigenvalue weighted by Gasteiger charge is -2.14. The van der Waals surface area contributed by atoms with E-state index in [2.05, 4.69) is 61.0 Å². The predicted molar refractivity (Wildman–Crippen MR) is 142 cm³/mol. The zero-order chi connectivity index (χ0) is 24.1. The highest BCUT2D eigenvalue weighted by Crippen LogP contribution is 2.26. The van der Waals surface area contributed by atoms with Crippen molar-refractivity contribution in [2.75, 3.05) is 0 Å². The second kappa shape index (κ2) is 11.8. The number of nitrogens with one attached hydrogen (secondary N) is 1. The summed E-state index contributed by atoms with van der Waals surface area (Å²) in [6.45, 7) is 8.06. The molecule has 0 aliphatic carbocycles. The molecule has 0 saturated carbocycles. The molecule has 0 atom stereocenters. The van der Waals surface area contributed by atoms with Gasteiger partial charge in [0.25, 0.3) is 0 Å². The number of aromatic nitrogens is 2. The van der Waals surface area contributed by atoms with Gasteiger partial charge in [-0.2, -0.15) is 0 Å². The molecule has 35 heavy (non-hydrogen) atoms. The van der Waals surface area contributed by atoms with Crippen molar-refractivity contribution < 1.29 is 15.4 Å². The van der Waals surface area contributed by atoms with Crippen molar-refractivity contribution in [2.45, 2.75) is 59.2 Å². The molecule has 4 rings (SSSR count). The summed E-state index contributed by atoms with van der Waals surface area (Å²) >= 11 is 0. The summed E-state index contributed by atoms with van der Waals surface area (Å²) in [6, 6.07) is 22.2. The van der Waals surface area contributed by atoms with E-state index in [1.165, 1.54) is 16.6 Å². The van der Waals surface area contributed by atoms with Gasteiger partial charge in [-0.1, -0.05) is 81.8 Å². The molecular weight excluding hydrogens is 438 g/mol. The van der Waals surface area contributed by atoms with Gasteiger partial charge in [-0.05, 0) is 40.8 Å². The summed E-state index contributed by atoms with van der Waals surface area (Å²) in [6.07, 6.45) is 3.18. The summed E-state index contributed by atoms with van der Waals surface area (Å²) in [7, 11) is 0. The van der Waals surface area contributed by atoms with Crippen LogP contribution in [-0.4, -0.2) is 32.1 Å². The van der Waals surface area contributed by atoms with Crippen molar-refractivity contribution in [2.24, 2.45) is 0 Å². The van der Waals surface area contributed by atoms with Gasteiger partial charge in [-0.15, -0.1) is 0 Å². The van der Waals surface area contributed by atoms with Crippen LogP contribution in [0.5, 0.6) is 0 Å². The summed E-state index contributed by atoms with van der Waals surface area (Å²) in [5.41, 5.74) is 6.63. The molecule has 184 valence electrons. The van der Waals surface area contributed by atoms with E-state index in [-0.39, 0.29) is 5.48 Å². The van der Waals surface area contributed by atoms with E-state index in [1.54, 1.807) is 12.1 Å². The normalized spacial score (nSPS) is 11.1. The van der Waals surface area contributed by atoms with E-state index in [0.717, 1.165) is 54.8 Å². The number of aryl methyl sites for hydroxylation is 1. The van der Waals surface area contributed by atoms with E-state index in [4.69, 9.17) is 4.98 Å². The molecule has 1 heterocycles. The smallest absolute Gasteiger partial charge is 0.336 e. The molecule has 0 saturated heterocycles. The van der Waals surface area contributed by atoms with Crippen LogP contribution in [0.1, 0.15) is 60.9 Å². The van der Waals surface area contributed by atoms with Crippen LogP contribution in [0.15, 0.2) is 66.7 Å². The number of imidazole rings is 1. The molecule has 0 spiro atoms. The Bertz CT molecular complexity index is 1280. The van der Waals surface area contributed by atoms with Gasteiger partial charge in [0, 0.05) is 25.6 Å². The van der Waals surface area contributed by atoms with Crippen molar-refractivity contribution >= 4 is 17.0 Å². The van der Waals surface area contributed by atoms with Crippen LogP contribution >= 0.6 is 0 Å². The highest BCUT2D eigenvalue weighted by Gasteiger charge is 2.15. The maximum atomic E-state index is 11.6. The largest absolute Gasteiger partial charge is 0.478 e. The summed E-state index contributed by atoms with van der Waals surface area (Å²) in [5.74, 6) is 0.210. The first-order chi connectivity index (χ1) is 16.5. The minimum atomic E-state index is -0.910. The SMILES string of the molecule is CCCCc1nc2cccc(CNC(C)C)c2n1Cc1ccc(-c2ccccc2C(=O)O)cc1.O. The molecule has 4 N–H and O–H groups in total. The van der Waals surface area contributed by atoms with Crippen molar-refractivity contribution in [1.29, 1.82) is 0 Å². The maximum absolute atomic E-state index is 11.6. The first-order valence-corrected chi connectivity index (χ1v) is 12.1. The molecule has 3 aromatic carbocycles. The molecule has 6 heteroatoms. The fraction of sp³-hybridized carbons (Fsp3) is 0.310. The van der Waals surface area contributed by atoms with Gasteiger partial charge in [0.05, 0.1) is 16.6 Å². The molecule has 1 aromatic heterocycles. The van der Waals surface area contributed by atoms with Gasteiger partial charge in [0.1, 0.15) is 5.82 Å². The van der Waals surface area contributed by atoms with Crippen LogP contribution < -0.4 is 5.32 Å². The van der Waals surface area contributed by atoms with E-state index in [0.29, 0.717) is 11.6 Å². The van der Waals surface area contributed by atoms with Crippen LogP contribution in [0.3, 0.4) is 0 Å². The van der Waals surface area contributed by atoms with Crippen LogP contribution in [0.25, 0.3) is 22.2 Å². The Morgan fingerprint density at radius 2 is 1.77 bits per heavy atom. The average Bonchev–Trinajstić information content (AvgIpc) is 3.19. The lowest BCUT2D eigenvalue weighted by molar-refractivity contribution is 0.0697. The number of carboxylic acid groups (broad SMARTS) is 1. The fourth-order valence-electron chi connectivity index (χ4n) is 4.35. The Kier molecular flexibility index (Phi) is 8.79. The number of hydrogen-bond acceptors (Lipinski definition) is 3. The first-order valence-electron chi connectivity index (χ1n) is 12.1. The van der Waals surface area contributed by atoms with Crippen molar-refractivity contribution in [3.8, 4) is 11.1 Å². The Labute approximate surface area is 207 Å². The summed E-state index contributed by atoms with van der Waals surface area (Å²) < 4.78 is 2.36. The fourth-order valence-corrected chi connectivity index (χ4v) is 4.35. The molecule has 6 nitrogen and oxygen atoms in total. The monoisotopic (exact) mass is 473 g/mol. The number of nitrogens with zero attached hydrogens (tertiary/aromatic N) is 2. The van der Waals surface area contributed by atoms with Crippen molar-refractivity contribution in [3.63, 3.8) is 0 Å². The van der Waals surface area contributed by atoms with Crippen LogP contribution in [0.2, 0.25) is 0 Å². The van der Waals surface area contributed by atoms with Crippen LogP contribution in [0.4, 0.5) is 0 Å². The highest BCUT2D eigenvalue weighted by molar-refractivity contribution is 5.96. The third kappa shape index (κ3) is 5.96. The quantitative estimate of drug-likeness (QED) is 0.319. The summed E-state index contributed by atoms with van der Waals surface area (Å²) in [4.78, 5) is 16.6. The molecule has 0 amide bonds. The van der Waals surface area contributed by atoms with Gasteiger partial charge in [-0.25, -0.2) is 9.78 Å². The number of para-hydroxylation sites is 1. The lowest BCUT2D eigenvalue weighted by Crippen LogP contribution is -2.22. The number of carboxylic acids is 1. The minimum absolute atomic E-state index is 0. The maximum Gasteiger partial charge on any atom is 0.336 e. The van der Waals surface area contributed by atoms with Crippen LogP contribution in [0, 0.1) is 0 Å². The zero-order valence-corrected chi connectivity index (χ0v) is 20.7. The topological polar surface area (TPSA) is 98.7 Å². The Morgan fingerprint density at radius 1 is 1.03 bits per heavy atom. The van der Waals surface area contributed by atoms with E-state index in [1.807, 2.05) is 24.3 Å². The molecule has 0 unspecified atom stereocenters. The number of aromatic carboxylic acids is 1. The molecular formula is C29H35N3O3. The summed E-state index contributed by atoms with van der Waals surface area (Å²) in [5, 5.41) is 13.1. The number of hydrogen-bond donors (Lipinski definition) is 2. The number of rotatable bonds is 10. The van der Waals surface area contributed by atoms with E-state index < -0.39 is 5.97 Å². The number of benzene rings is 3. The van der Waals surface area contributed by atoms with E-state index >= 15 is 0 Å². The molecule has 0 aliphatic heterocycles. The average molecular weight is 474 g/mol. The second-order valence-corrected chi connectivity index (χ2v) is 9.09. The Hall–Kier alpha value is -3.48. The molecule has 0 fully saturated rings. The minimum Gasteiger partial charge on any atom is -0.478 e.